The quantitative estimate of drug-likeness (QED) is 0.162. The van der Waals surface area contributed by atoms with E-state index in [9.17, 15) is 9.59 Å². The Hall–Kier alpha value is -1.06. The molecule has 0 aliphatic rings. The Morgan fingerprint density at radius 3 is 1.55 bits per heavy atom. The van der Waals surface area contributed by atoms with E-state index in [0.29, 0.717) is 19.3 Å². The molecule has 0 aliphatic heterocycles. The molecule has 0 bridgehead atoms. The highest BCUT2D eigenvalue weighted by molar-refractivity contribution is 5.76. The third-order valence-corrected chi connectivity index (χ3v) is 5.79. The van der Waals surface area contributed by atoms with Crippen LogP contribution < -0.4 is 5.32 Å². The number of carbonyl (C=O) groups is 2. The second kappa shape index (κ2) is 21.6. The van der Waals surface area contributed by atoms with E-state index in [0.717, 1.165) is 19.3 Å². The zero-order chi connectivity index (χ0) is 21.6. The van der Waals surface area contributed by atoms with Gasteiger partial charge in [0, 0.05) is 18.9 Å². The summed E-state index contributed by atoms with van der Waals surface area (Å²) in [5.74, 6) is -0.0866. The van der Waals surface area contributed by atoms with Crippen LogP contribution in [0.3, 0.4) is 0 Å². The van der Waals surface area contributed by atoms with E-state index >= 15 is 0 Å². The van der Waals surface area contributed by atoms with Crippen LogP contribution in [-0.2, 0) is 14.3 Å². The first-order valence-corrected chi connectivity index (χ1v) is 12.5. The van der Waals surface area contributed by atoms with E-state index < -0.39 is 0 Å². The lowest BCUT2D eigenvalue weighted by Gasteiger charge is -2.16. The molecule has 0 aromatic rings. The van der Waals surface area contributed by atoms with Gasteiger partial charge < -0.3 is 10.1 Å². The fourth-order valence-electron chi connectivity index (χ4n) is 3.73. The lowest BCUT2D eigenvalue weighted by molar-refractivity contribution is -0.141. The maximum atomic E-state index is 12.0. The van der Waals surface area contributed by atoms with Crippen molar-refractivity contribution in [1.82, 2.24) is 5.32 Å². The van der Waals surface area contributed by atoms with Gasteiger partial charge in [-0.15, -0.1) is 0 Å². The molecule has 1 atom stereocenters. The van der Waals surface area contributed by atoms with Crippen molar-refractivity contribution in [3.05, 3.63) is 0 Å². The lowest BCUT2D eigenvalue weighted by Crippen LogP contribution is -2.34. The van der Waals surface area contributed by atoms with Crippen molar-refractivity contribution in [2.75, 3.05) is 7.11 Å². The molecule has 1 amide bonds. The van der Waals surface area contributed by atoms with Crippen LogP contribution >= 0.6 is 0 Å². The highest BCUT2D eigenvalue weighted by atomic mass is 16.5. The Morgan fingerprint density at radius 2 is 1.14 bits per heavy atom. The molecule has 0 aromatic heterocycles. The average molecular weight is 412 g/mol. The molecule has 0 spiro atoms. The van der Waals surface area contributed by atoms with Crippen LogP contribution in [-0.4, -0.2) is 25.0 Å². The summed E-state index contributed by atoms with van der Waals surface area (Å²) in [6.07, 6.45) is 22.5. The molecule has 0 heterocycles. The van der Waals surface area contributed by atoms with Crippen molar-refractivity contribution >= 4 is 11.9 Å². The Labute approximate surface area is 180 Å². The van der Waals surface area contributed by atoms with Gasteiger partial charge in [-0.05, 0) is 19.3 Å². The molecular weight excluding hydrogens is 362 g/mol. The number of rotatable bonds is 21. The number of unbranched alkanes of at least 4 members (excludes halogenated alkanes) is 14. The van der Waals surface area contributed by atoms with Gasteiger partial charge in [0.2, 0.25) is 5.91 Å². The molecule has 0 saturated heterocycles. The summed E-state index contributed by atoms with van der Waals surface area (Å²) in [7, 11) is 1.40. The Kier molecular flexibility index (Phi) is 20.9. The van der Waals surface area contributed by atoms with Gasteiger partial charge in [-0.1, -0.05) is 104 Å². The molecule has 0 rings (SSSR count). The zero-order valence-corrected chi connectivity index (χ0v) is 19.7. The minimum absolute atomic E-state index is 0.0814. The Bertz CT molecular complexity index is 384. The Morgan fingerprint density at radius 1 is 0.690 bits per heavy atom. The van der Waals surface area contributed by atoms with E-state index in [1.54, 1.807) is 0 Å². The van der Waals surface area contributed by atoms with E-state index in [1.165, 1.54) is 90.6 Å². The van der Waals surface area contributed by atoms with Gasteiger partial charge in [0.25, 0.3) is 0 Å². The van der Waals surface area contributed by atoms with E-state index in [4.69, 9.17) is 0 Å². The van der Waals surface area contributed by atoms with Crippen molar-refractivity contribution in [3.63, 3.8) is 0 Å². The van der Waals surface area contributed by atoms with Crippen LogP contribution in [0.15, 0.2) is 0 Å². The van der Waals surface area contributed by atoms with Crippen LogP contribution in [0.5, 0.6) is 0 Å². The molecule has 0 aromatic carbocycles. The highest BCUT2D eigenvalue weighted by Crippen LogP contribution is 2.14. The summed E-state index contributed by atoms with van der Waals surface area (Å²) in [6, 6.07) is 0.0814. The van der Waals surface area contributed by atoms with Crippen LogP contribution in [0, 0.1) is 0 Å². The molecule has 0 saturated carbocycles. The SMILES string of the molecule is CCCCCCCCCCCCCCCCCC(=O)NC(CC)CCC(=O)OC. The van der Waals surface area contributed by atoms with Gasteiger partial charge in [0.15, 0.2) is 0 Å². The third kappa shape index (κ3) is 20.0. The number of esters is 1. The normalized spacial score (nSPS) is 12.0. The smallest absolute Gasteiger partial charge is 0.305 e. The molecule has 172 valence electrons. The van der Waals surface area contributed by atoms with Gasteiger partial charge in [-0.3, -0.25) is 9.59 Å². The van der Waals surface area contributed by atoms with Gasteiger partial charge in [0.05, 0.1) is 7.11 Å². The Balaban J connectivity index is 3.38. The standard InChI is InChI=1S/C25H49NO3/c1-4-6-7-8-9-10-11-12-13-14-15-16-17-18-19-20-24(27)26-23(5-2)21-22-25(28)29-3/h23H,4-22H2,1-3H3,(H,26,27). The average Bonchev–Trinajstić information content (AvgIpc) is 2.73. The van der Waals surface area contributed by atoms with Crippen LogP contribution in [0.4, 0.5) is 0 Å². The molecule has 1 unspecified atom stereocenters. The van der Waals surface area contributed by atoms with Crippen molar-refractivity contribution in [2.45, 2.75) is 142 Å². The predicted molar refractivity (Wildman–Crippen MR) is 123 cm³/mol. The lowest BCUT2D eigenvalue weighted by atomic mass is 10.0. The number of nitrogens with one attached hydrogen (secondary N) is 1. The third-order valence-electron chi connectivity index (χ3n) is 5.79. The van der Waals surface area contributed by atoms with E-state index in [2.05, 4.69) is 17.0 Å². The topological polar surface area (TPSA) is 55.4 Å². The van der Waals surface area contributed by atoms with E-state index in [-0.39, 0.29) is 17.9 Å². The van der Waals surface area contributed by atoms with Crippen molar-refractivity contribution < 1.29 is 14.3 Å². The molecule has 1 N–H and O–H groups in total. The monoisotopic (exact) mass is 411 g/mol. The summed E-state index contributed by atoms with van der Waals surface area (Å²) in [6.45, 7) is 4.31. The fourth-order valence-corrected chi connectivity index (χ4v) is 3.73. The van der Waals surface area contributed by atoms with Crippen molar-refractivity contribution in [3.8, 4) is 0 Å². The fraction of sp³-hybridized carbons (Fsp3) is 0.920. The van der Waals surface area contributed by atoms with Crippen LogP contribution in [0.25, 0.3) is 0 Å². The van der Waals surface area contributed by atoms with Crippen molar-refractivity contribution in [2.24, 2.45) is 0 Å². The molecule has 4 nitrogen and oxygen atoms in total. The van der Waals surface area contributed by atoms with Gasteiger partial charge in [-0.25, -0.2) is 0 Å². The summed E-state index contributed by atoms with van der Waals surface area (Å²) in [4.78, 5) is 23.2. The summed E-state index contributed by atoms with van der Waals surface area (Å²) < 4.78 is 4.66. The number of hydrogen-bond acceptors (Lipinski definition) is 3. The molecule has 0 radical (unpaired) electrons. The molecule has 0 aliphatic carbocycles. The number of hydrogen-bond donors (Lipinski definition) is 1. The first kappa shape index (κ1) is 27.9. The molecule has 4 heteroatoms. The van der Waals surface area contributed by atoms with Gasteiger partial charge >= 0.3 is 5.97 Å². The minimum Gasteiger partial charge on any atom is -0.469 e. The minimum atomic E-state index is -0.208. The summed E-state index contributed by atoms with van der Waals surface area (Å²) >= 11 is 0. The van der Waals surface area contributed by atoms with E-state index in [1.807, 2.05) is 6.92 Å². The van der Waals surface area contributed by atoms with Gasteiger partial charge in [0.1, 0.15) is 0 Å². The maximum Gasteiger partial charge on any atom is 0.305 e. The molecular formula is C25H49NO3. The number of ether oxygens (including phenoxy) is 1. The number of amides is 1. The highest BCUT2D eigenvalue weighted by Gasteiger charge is 2.12. The number of methoxy groups -OCH3 is 1. The summed E-state index contributed by atoms with van der Waals surface area (Å²) in [5.41, 5.74) is 0. The molecule has 0 fully saturated rings. The zero-order valence-electron chi connectivity index (χ0n) is 19.7. The predicted octanol–water partition coefficient (Wildman–Crippen LogP) is 7.10. The van der Waals surface area contributed by atoms with Crippen LogP contribution in [0.2, 0.25) is 0 Å². The van der Waals surface area contributed by atoms with Crippen LogP contribution in [0.1, 0.15) is 136 Å². The summed E-state index contributed by atoms with van der Waals surface area (Å²) in [5, 5.41) is 3.05. The second-order valence-corrected chi connectivity index (χ2v) is 8.49. The maximum absolute atomic E-state index is 12.0. The first-order valence-electron chi connectivity index (χ1n) is 12.5. The van der Waals surface area contributed by atoms with Crippen molar-refractivity contribution in [1.29, 1.82) is 0 Å². The largest absolute Gasteiger partial charge is 0.469 e. The molecule has 29 heavy (non-hydrogen) atoms. The second-order valence-electron chi connectivity index (χ2n) is 8.49. The first-order chi connectivity index (χ1) is 14.1. The number of carbonyl (C=O) groups excluding carboxylic acids is 2. The van der Waals surface area contributed by atoms with Gasteiger partial charge in [-0.2, -0.15) is 0 Å².